The van der Waals surface area contributed by atoms with Crippen molar-refractivity contribution in [3.8, 4) is 5.75 Å². The monoisotopic (exact) mass is 247 g/mol. The fraction of sp³-hybridized carbons (Fsp3) is 0.533. The van der Waals surface area contributed by atoms with Gasteiger partial charge in [-0.25, -0.2) is 0 Å². The number of Topliss-reactive ketones (excluding diaryl/α,β-unsaturated/α-hetero) is 1. The predicted octanol–water partition coefficient (Wildman–Crippen LogP) is 2.66. The molecule has 98 valence electrons. The van der Waals surface area contributed by atoms with E-state index in [1.54, 1.807) is 0 Å². The van der Waals surface area contributed by atoms with Crippen molar-refractivity contribution in [1.82, 2.24) is 5.32 Å². The van der Waals surface area contributed by atoms with Gasteiger partial charge in [-0.2, -0.15) is 0 Å². The highest BCUT2D eigenvalue weighted by atomic mass is 16.5. The second kappa shape index (κ2) is 5.53. The van der Waals surface area contributed by atoms with Gasteiger partial charge in [0.25, 0.3) is 0 Å². The van der Waals surface area contributed by atoms with E-state index in [0.717, 1.165) is 37.2 Å². The minimum atomic E-state index is -0.226. The molecule has 0 spiro atoms. The van der Waals surface area contributed by atoms with Crippen molar-refractivity contribution in [1.29, 1.82) is 0 Å². The number of carbonyl (C=O) groups is 1. The van der Waals surface area contributed by atoms with Crippen LogP contribution in [0.4, 0.5) is 0 Å². The Morgan fingerprint density at radius 2 is 2.11 bits per heavy atom. The van der Waals surface area contributed by atoms with Crippen LogP contribution in [0, 0.1) is 5.41 Å². The molecule has 1 saturated heterocycles. The lowest BCUT2D eigenvalue weighted by Crippen LogP contribution is -2.40. The molecule has 3 nitrogen and oxygen atoms in total. The van der Waals surface area contributed by atoms with Gasteiger partial charge in [0.15, 0.2) is 5.78 Å². The molecule has 1 aromatic carbocycles. The average molecular weight is 247 g/mol. The smallest absolute Gasteiger partial charge is 0.168 e. The molecule has 1 N–H and O–H groups in total. The van der Waals surface area contributed by atoms with E-state index in [1.165, 1.54) is 0 Å². The zero-order valence-electron chi connectivity index (χ0n) is 11.2. The highest BCUT2D eigenvalue weighted by Gasteiger charge is 2.35. The highest BCUT2D eigenvalue weighted by molar-refractivity contribution is 6.00. The summed E-state index contributed by atoms with van der Waals surface area (Å²) in [5, 5.41) is 3.30. The normalized spacial score (nSPS) is 18.3. The van der Waals surface area contributed by atoms with Crippen LogP contribution in [0.5, 0.6) is 5.75 Å². The second-order valence-corrected chi connectivity index (χ2v) is 5.10. The quantitative estimate of drug-likeness (QED) is 0.831. The standard InChI is InChI=1S/C15H21NO2/c1-3-18-13-6-4-5-12(11-13)14(17)15(2)7-9-16-10-8-15/h4-6,11,16H,3,7-10H2,1-2H3. The summed E-state index contributed by atoms with van der Waals surface area (Å²) in [5.41, 5.74) is 0.543. The summed E-state index contributed by atoms with van der Waals surface area (Å²) < 4.78 is 5.45. The van der Waals surface area contributed by atoms with Crippen molar-refractivity contribution >= 4 is 5.78 Å². The Bertz CT molecular complexity index is 422. The Balaban J connectivity index is 2.19. The van der Waals surface area contributed by atoms with Crippen molar-refractivity contribution in [3.05, 3.63) is 29.8 Å². The Morgan fingerprint density at radius 1 is 1.39 bits per heavy atom. The van der Waals surface area contributed by atoms with Crippen LogP contribution in [-0.2, 0) is 0 Å². The summed E-state index contributed by atoms with van der Waals surface area (Å²) in [4.78, 5) is 12.6. The molecule has 1 aliphatic heterocycles. The van der Waals surface area contributed by atoms with E-state index in [0.29, 0.717) is 6.61 Å². The first kappa shape index (κ1) is 13.1. The number of nitrogens with one attached hydrogen (secondary N) is 1. The Kier molecular flexibility index (Phi) is 4.02. The van der Waals surface area contributed by atoms with Crippen LogP contribution < -0.4 is 10.1 Å². The van der Waals surface area contributed by atoms with Crippen molar-refractivity contribution in [3.63, 3.8) is 0 Å². The second-order valence-electron chi connectivity index (χ2n) is 5.10. The number of hydrogen-bond acceptors (Lipinski definition) is 3. The molecular weight excluding hydrogens is 226 g/mol. The number of benzene rings is 1. The van der Waals surface area contributed by atoms with Crippen LogP contribution in [-0.4, -0.2) is 25.5 Å². The van der Waals surface area contributed by atoms with Crippen molar-refractivity contribution < 1.29 is 9.53 Å². The largest absolute Gasteiger partial charge is 0.494 e. The molecule has 3 heteroatoms. The maximum absolute atomic E-state index is 12.6. The van der Waals surface area contributed by atoms with Crippen LogP contribution >= 0.6 is 0 Å². The molecule has 18 heavy (non-hydrogen) atoms. The summed E-state index contributed by atoms with van der Waals surface area (Å²) in [6.07, 6.45) is 1.81. The third-order valence-electron chi connectivity index (χ3n) is 3.66. The third kappa shape index (κ3) is 2.72. The van der Waals surface area contributed by atoms with Gasteiger partial charge in [-0.15, -0.1) is 0 Å². The van der Waals surface area contributed by atoms with Crippen LogP contribution in [0.1, 0.15) is 37.0 Å². The first-order valence-electron chi connectivity index (χ1n) is 6.64. The molecule has 2 rings (SSSR count). The van der Waals surface area contributed by atoms with Crippen LogP contribution in [0.25, 0.3) is 0 Å². The predicted molar refractivity (Wildman–Crippen MR) is 72.2 cm³/mol. The molecule has 1 aliphatic rings. The Morgan fingerprint density at radius 3 is 2.78 bits per heavy atom. The van der Waals surface area contributed by atoms with Crippen LogP contribution in [0.3, 0.4) is 0 Å². The molecule has 0 aromatic heterocycles. The molecular formula is C15H21NO2. The summed E-state index contributed by atoms with van der Waals surface area (Å²) in [7, 11) is 0. The van der Waals surface area contributed by atoms with E-state index >= 15 is 0 Å². The van der Waals surface area contributed by atoms with E-state index in [9.17, 15) is 4.79 Å². The topological polar surface area (TPSA) is 38.3 Å². The van der Waals surface area contributed by atoms with E-state index < -0.39 is 0 Å². The lowest BCUT2D eigenvalue weighted by atomic mass is 9.75. The van der Waals surface area contributed by atoms with Crippen LogP contribution in [0.2, 0.25) is 0 Å². The molecule has 0 aliphatic carbocycles. The zero-order chi connectivity index (χ0) is 13.0. The minimum Gasteiger partial charge on any atom is -0.494 e. The SMILES string of the molecule is CCOc1cccc(C(=O)C2(C)CCNCC2)c1. The fourth-order valence-electron chi connectivity index (χ4n) is 2.45. The number of rotatable bonds is 4. The Hall–Kier alpha value is -1.35. The highest BCUT2D eigenvalue weighted by Crippen LogP contribution is 2.32. The fourth-order valence-corrected chi connectivity index (χ4v) is 2.45. The minimum absolute atomic E-state index is 0.226. The Labute approximate surface area is 109 Å². The first-order chi connectivity index (χ1) is 8.65. The van der Waals surface area contributed by atoms with Gasteiger partial charge in [-0.1, -0.05) is 19.1 Å². The molecule has 1 aromatic rings. The van der Waals surface area contributed by atoms with Crippen molar-refractivity contribution in [2.45, 2.75) is 26.7 Å². The summed E-state index contributed by atoms with van der Waals surface area (Å²) in [6, 6.07) is 7.53. The zero-order valence-corrected chi connectivity index (χ0v) is 11.2. The number of ether oxygens (including phenoxy) is 1. The van der Waals surface area contributed by atoms with Gasteiger partial charge in [0.2, 0.25) is 0 Å². The van der Waals surface area contributed by atoms with E-state index in [2.05, 4.69) is 12.2 Å². The average Bonchev–Trinajstić information content (AvgIpc) is 2.39. The van der Waals surface area contributed by atoms with Gasteiger partial charge in [-0.3, -0.25) is 4.79 Å². The number of ketones is 1. The summed E-state index contributed by atoms with van der Waals surface area (Å²) >= 11 is 0. The van der Waals surface area contributed by atoms with E-state index in [1.807, 2.05) is 31.2 Å². The lowest BCUT2D eigenvalue weighted by Gasteiger charge is -2.32. The molecule has 1 heterocycles. The number of hydrogen-bond donors (Lipinski definition) is 1. The molecule has 0 bridgehead atoms. The molecule has 0 radical (unpaired) electrons. The van der Waals surface area contributed by atoms with Crippen LogP contribution in [0.15, 0.2) is 24.3 Å². The third-order valence-corrected chi connectivity index (χ3v) is 3.66. The maximum atomic E-state index is 12.6. The van der Waals surface area contributed by atoms with Crippen molar-refractivity contribution in [2.24, 2.45) is 5.41 Å². The lowest BCUT2D eigenvalue weighted by molar-refractivity contribution is 0.0762. The molecule has 0 saturated carbocycles. The van der Waals surface area contributed by atoms with Gasteiger partial charge >= 0.3 is 0 Å². The summed E-state index contributed by atoms with van der Waals surface area (Å²) in [5.74, 6) is 1.02. The van der Waals surface area contributed by atoms with E-state index in [-0.39, 0.29) is 11.2 Å². The van der Waals surface area contributed by atoms with Gasteiger partial charge in [-0.05, 0) is 45.0 Å². The summed E-state index contributed by atoms with van der Waals surface area (Å²) in [6.45, 7) is 6.49. The van der Waals surface area contributed by atoms with Gasteiger partial charge in [0, 0.05) is 11.0 Å². The first-order valence-corrected chi connectivity index (χ1v) is 6.64. The number of carbonyl (C=O) groups excluding carboxylic acids is 1. The van der Waals surface area contributed by atoms with E-state index in [4.69, 9.17) is 4.74 Å². The molecule has 0 amide bonds. The maximum Gasteiger partial charge on any atom is 0.168 e. The van der Waals surface area contributed by atoms with Gasteiger partial charge < -0.3 is 10.1 Å². The molecule has 0 atom stereocenters. The van der Waals surface area contributed by atoms with Crippen molar-refractivity contribution in [2.75, 3.05) is 19.7 Å². The number of piperidine rings is 1. The molecule has 0 unspecified atom stereocenters. The van der Waals surface area contributed by atoms with Gasteiger partial charge in [0.05, 0.1) is 6.61 Å². The molecule has 1 fully saturated rings. The van der Waals surface area contributed by atoms with Gasteiger partial charge in [0.1, 0.15) is 5.75 Å².